The first-order valence-corrected chi connectivity index (χ1v) is 12.0. The van der Waals surface area contributed by atoms with Crippen molar-refractivity contribution in [3.63, 3.8) is 0 Å². The number of amides is 2. The van der Waals surface area contributed by atoms with E-state index in [4.69, 9.17) is 4.74 Å². The van der Waals surface area contributed by atoms with Crippen molar-refractivity contribution in [3.8, 4) is 17.7 Å². The molecule has 0 radical (unpaired) electrons. The normalized spacial score (nSPS) is 18.3. The molecular formula is C27H35N5O4. The topological polar surface area (TPSA) is 99.1 Å². The van der Waals surface area contributed by atoms with Crippen LogP contribution in [0.2, 0.25) is 0 Å². The molecule has 2 aromatic rings. The zero-order chi connectivity index (χ0) is 26.2. The fourth-order valence-electron chi connectivity index (χ4n) is 3.87. The molecular weight excluding hydrogens is 458 g/mol. The lowest BCUT2D eigenvalue weighted by Crippen LogP contribution is -2.50. The van der Waals surface area contributed by atoms with Crippen LogP contribution in [0.25, 0.3) is 0 Å². The summed E-state index contributed by atoms with van der Waals surface area (Å²) >= 11 is 0. The van der Waals surface area contributed by atoms with Gasteiger partial charge in [-0.2, -0.15) is 0 Å². The predicted molar refractivity (Wildman–Crippen MR) is 136 cm³/mol. The summed E-state index contributed by atoms with van der Waals surface area (Å²) in [7, 11) is 5.60. The first-order valence-electron chi connectivity index (χ1n) is 12.0. The SMILES string of the molecule is C[C@H](CO)N1C[C@H](C)[C@H](CN(C)C(=O)Cc2cccnc2)Oc2ncc(C#CCN(C)C)cc2C1=O. The van der Waals surface area contributed by atoms with Gasteiger partial charge in [-0.3, -0.25) is 19.5 Å². The minimum Gasteiger partial charge on any atom is -0.472 e. The van der Waals surface area contributed by atoms with Crippen molar-refractivity contribution in [1.82, 2.24) is 24.7 Å². The van der Waals surface area contributed by atoms with Crippen molar-refractivity contribution in [2.75, 3.05) is 47.4 Å². The Labute approximate surface area is 213 Å². The average Bonchev–Trinajstić information content (AvgIpc) is 2.86. The Morgan fingerprint density at radius 2 is 2.11 bits per heavy atom. The summed E-state index contributed by atoms with van der Waals surface area (Å²) in [5, 5.41) is 9.82. The molecule has 2 amide bonds. The van der Waals surface area contributed by atoms with Gasteiger partial charge in [0, 0.05) is 43.7 Å². The van der Waals surface area contributed by atoms with Gasteiger partial charge in [0.05, 0.1) is 32.2 Å². The number of aliphatic hydroxyl groups excluding tert-OH is 1. The maximum Gasteiger partial charge on any atom is 0.259 e. The second-order valence-corrected chi connectivity index (χ2v) is 9.55. The highest BCUT2D eigenvalue weighted by molar-refractivity contribution is 5.97. The molecule has 0 saturated carbocycles. The van der Waals surface area contributed by atoms with E-state index in [0.29, 0.717) is 30.8 Å². The summed E-state index contributed by atoms with van der Waals surface area (Å²) in [4.78, 5) is 40.1. The largest absolute Gasteiger partial charge is 0.472 e. The molecule has 1 aliphatic rings. The van der Waals surface area contributed by atoms with Crippen LogP contribution < -0.4 is 4.74 Å². The molecule has 192 valence electrons. The van der Waals surface area contributed by atoms with E-state index in [1.54, 1.807) is 54.5 Å². The number of aliphatic hydroxyl groups is 1. The number of rotatable bonds is 7. The number of likely N-dealkylation sites (N-methyl/N-ethyl adjacent to an activating group) is 1. The molecule has 3 rings (SSSR count). The zero-order valence-electron chi connectivity index (χ0n) is 21.6. The summed E-state index contributed by atoms with van der Waals surface area (Å²) < 4.78 is 6.27. The summed E-state index contributed by atoms with van der Waals surface area (Å²) in [6, 6.07) is 4.97. The number of hydrogen-bond donors (Lipinski definition) is 1. The number of fused-ring (bicyclic) bond motifs is 1. The van der Waals surface area contributed by atoms with Crippen molar-refractivity contribution in [2.24, 2.45) is 5.92 Å². The maximum absolute atomic E-state index is 13.5. The number of ether oxygens (including phenoxy) is 1. The van der Waals surface area contributed by atoms with Crippen molar-refractivity contribution >= 4 is 11.8 Å². The van der Waals surface area contributed by atoms with E-state index in [0.717, 1.165) is 5.56 Å². The summed E-state index contributed by atoms with van der Waals surface area (Å²) in [5.74, 6) is 5.86. The van der Waals surface area contributed by atoms with Crippen LogP contribution in [0.4, 0.5) is 0 Å². The van der Waals surface area contributed by atoms with Crippen molar-refractivity contribution in [1.29, 1.82) is 0 Å². The van der Waals surface area contributed by atoms with E-state index < -0.39 is 6.10 Å². The zero-order valence-corrected chi connectivity index (χ0v) is 21.6. The number of nitrogens with zero attached hydrogens (tertiary/aromatic N) is 5. The second-order valence-electron chi connectivity index (χ2n) is 9.55. The van der Waals surface area contributed by atoms with Crippen LogP contribution in [-0.2, 0) is 11.2 Å². The van der Waals surface area contributed by atoms with E-state index in [9.17, 15) is 14.7 Å². The Bertz CT molecular complexity index is 1110. The fourth-order valence-corrected chi connectivity index (χ4v) is 3.87. The Morgan fingerprint density at radius 1 is 1.33 bits per heavy atom. The highest BCUT2D eigenvalue weighted by atomic mass is 16.5. The van der Waals surface area contributed by atoms with E-state index >= 15 is 0 Å². The van der Waals surface area contributed by atoms with E-state index in [1.165, 1.54) is 0 Å². The third kappa shape index (κ3) is 7.03. The first kappa shape index (κ1) is 27.1. The molecule has 9 heteroatoms. The molecule has 3 atom stereocenters. The van der Waals surface area contributed by atoms with Gasteiger partial charge in [-0.25, -0.2) is 4.98 Å². The molecule has 1 N–H and O–H groups in total. The Hall–Kier alpha value is -3.48. The van der Waals surface area contributed by atoms with Crippen LogP contribution in [0.3, 0.4) is 0 Å². The van der Waals surface area contributed by atoms with Crippen LogP contribution >= 0.6 is 0 Å². The quantitative estimate of drug-likeness (QED) is 0.581. The third-order valence-corrected chi connectivity index (χ3v) is 6.11. The lowest BCUT2D eigenvalue weighted by molar-refractivity contribution is -0.130. The van der Waals surface area contributed by atoms with Crippen LogP contribution in [0, 0.1) is 17.8 Å². The molecule has 0 bridgehead atoms. The minimum atomic E-state index is -0.411. The summed E-state index contributed by atoms with van der Waals surface area (Å²) in [6.45, 7) is 4.87. The number of hydrogen-bond acceptors (Lipinski definition) is 7. The molecule has 0 saturated heterocycles. The van der Waals surface area contributed by atoms with Crippen molar-refractivity contribution in [2.45, 2.75) is 32.4 Å². The van der Waals surface area contributed by atoms with E-state index in [-0.39, 0.29) is 42.7 Å². The smallest absolute Gasteiger partial charge is 0.259 e. The Morgan fingerprint density at radius 3 is 2.78 bits per heavy atom. The average molecular weight is 494 g/mol. The maximum atomic E-state index is 13.5. The van der Waals surface area contributed by atoms with Gasteiger partial charge in [-0.1, -0.05) is 24.8 Å². The van der Waals surface area contributed by atoms with Crippen molar-refractivity contribution in [3.05, 3.63) is 53.5 Å². The first-order chi connectivity index (χ1) is 17.2. The van der Waals surface area contributed by atoms with Crippen LogP contribution in [0.15, 0.2) is 36.8 Å². The Kier molecular flexibility index (Phi) is 9.39. The van der Waals surface area contributed by atoms with Crippen LogP contribution in [-0.4, -0.2) is 101 Å². The lowest BCUT2D eigenvalue weighted by Gasteiger charge is -2.37. The predicted octanol–water partition coefficient (Wildman–Crippen LogP) is 1.31. The molecule has 0 aromatic carbocycles. The summed E-state index contributed by atoms with van der Waals surface area (Å²) in [5.41, 5.74) is 1.75. The number of carbonyl (C=O) groups excluding carboxylic acids is 2. The van der Waals surface area contributed by atoms with Gasteiger partial charge >= 0.3 is 0 Å². The van der Waals surface area contributed by atoms with E-state index in [2.05, 4.69) is 21.8 Å². The van der Waals surface area contributed by atoms with Gasteiger partial charge in [-0.05, 0) is 38.7 Å². The van der Waals surface area contributed by atoms with Gasteiger partial charge < -0.3 is 19.6 Å². The molecule has 0 fully saturated rings. The number of pyridine rings is 2. The van der Waals surface area contributed by atoms with E-state index in [1.807, 2.05) is 32.0 Å². The molecule has 0 unspecified atom stereocenters. The third-order valence-electron chi connectivity index (χ3n) is 6.11. The fraction of sp³-hybridized carbons (Fsp3) is 0.481. The molecule has 0 spiro atoms. The Balaban J connectivity index is 1.87. The molecule has 36 heavy (non-hydrogen) atoms. The lowest BCUT2D eigenvalue weighted by atomic mass is 9.99. The highest BCUT2D eigenvalue weighted by Crippen LogP contribution is 2.27. The van der Waals surface area contributed by atoms with Crippen molar-refractivity contribution < 1.29 is 19.4 Å². The number of carbonyl (C=O) groups is 2. The molecule has 1 aliphatic heterocycles. The standard InChI is InChI=1S/C27H35N5O4/c1-19-16-32(20(2)18-33)27(35)23-12-21(9-7-11-30(3)4)15-29-26(23)36-24(19)17-31(5)25(34)13-22-8-6-10-28-14-22/h6,8,10,12,14-15,19-20,24,33H,11,13,16-18H2,1-5H3/t19-,20+,24-/m0/s1. The molecule has 2 aromatic heterocycles. The summed E-state index contributed by atoms with van der Waals surface area (Å²) in [6.07, 6.45) is 4.77. The van der Waals surface area contributed by atoms with Crippen LogP contribution in [0.5, 0.6) is 5.88 Å². The molecule has 9 nitrogen and oxygen atoms in total. The van der Waals surface area contributed by atoms with Gasteiger partial charge in [0.15, 0.2) is 0 Å². The number of aromatic nitrogens is 2. The minimum absolute atomic E-state index is 0.0581. The highest BCUT2D eigenvalue weighted by Gasteiger charge is 2.34. The van der Waals surface area contributed by atoms with Gasteiger partial charge in [-0.15, -0.1) is 0 Å². The van der Waals surface area contributed by atoms with Crippen LogP contribution in [0.1, 0.15) is 35.3 Å². The monoisotopic (exact) mass is 493 g/mol. The van der Waals surface area contributed by atoms with Gasteiger partial charge in [0.1, 0.15) is 11.7 Å². The molecule has 3 heterocycles. The van der Waals surface area contributed by atoms with Gasteiger partial charge in [0.2, 0.25) is 11.8 Å². The second kappa shape index (κ2) is 12.5. The molecule has 0 aliphatic carbocycles. The van der Waals surface area contributed by atoms with Gasteiger partial charge in [0.25, 0.3) is 5.91 Å².